The molecular weight excluding hydrogens is 198 g/mol. The topological polar surface area (TPSA) is 20.2 Å². The number of aliphatic hydroxyl groups is 1. The largest absolute Gasteiger partial charge is 0.396 e. The molecule has 2 rings (SSSR count). The average Bonchev–Trinajstić information content (AvgIpc) is 2.18. The van der Waals surface area contributed by atoms with Gasteiger partial charge in [0.2, 0.25) is 0 Å². The van der Waals surface area contributed by atoms with Crippen LogP contribution in [0, 0.1) is 17.0 Å². The third-order valence-electron chi connectivity index (χ3n) is 3.35. The van der Waals surface area contributed by atoms with Crippen molar-refractivity contribution in [2.45, 2.75) is 25.7 Å². The summed E-state index contributed by atoms with van der Waals surface area (Å²) in [5.74, 6) is -1.57. The van der Waals surface area contributed by atoms with Crippen LogP contribution in [0.5, 0.6) is 0 Å². The smallest absolute Gasteiger partial charge is 0.162 e. The van der Waals surface area contributed by atoms with E-state index in [9.17, 15) is 13.9 Å². The van der Waals surface area contributed by atoms with Crippen LogP contribution in [0.15, 0.2) is 18.2 Å². The first kappa shape index (κ1) is 10.6. The van der Waals surface area contributed by atoms with Gasteiger partial charge in [-0.15, -0.1) is 0 Å². The number of benzene rings is 1. The van der Waals surface area contributed by atoms with Crippen LogP contribution >= 0.6 is 0 Å². The lowest BCUT2D eigenvalue weighted by molar-refractivity contribution is 0.0441. The van der Waals surface area contributed by atoms with Crippen molar-refractivity contribution in [1.29, 1.82) is 0 Å². The van der Waals surface area contributed by atoms with Gasteiger partial charge in [-0.05, 0) is 36.3 Å². The number of hydrogen-bond donors (Lipinski definition) is 1. The zero-order valence-electron chi connectivity index (χ0n) is 8.47. The first-order valence-corrected chi connectivity index (χ1v) is 5.21. The van der Waals surface area contributed by atoms with Gasteiger partial charge in [0.1, 0.15) is 0 Å². The van der Waals surface area contributed by atoms with Crippen LogP contribution in [-0.4, -0.2) is 11.7 Å². The second-order valence-electron chi connectivity index (χ2n) is 4.40. The Morgan fingerprint density at radius 2 is 2.00 bits per heavy atom. The molecule has 0 bridgehead atoms. The van der Waals surface area contributed by atoms with E-state index >= 15 is 0 Å². The van der Waals surface area contributed by atoms with Gasteiger partial charge >= 0.3 is 0 Å². The van der Waals surface area contributed by atoms with E-state index in [1.54, 1.807) is 6.07 Å². The standard InChI is InChI=1S/C12H14F2O/c13-10-4-1-3-9(11(10)14)7-12(8-15)5-2-6-12/h1,3-4,15H,2,5-8H2. The van der Waals surface area contributed by atoms with Crippen LogP contribution in [0.3, 0.4) is 0 Å². The maximum atomic E-state index is 13.4. The zero-order chi connectivity index (χ0) is 10.9. The lowest BCUT2D eigenvalue weighted by Crippen LogP contribution is -2.35. The molecule has 0 amide bonds. The van der Waals surface area contributed by atoms with Crippen molar-refractivity contribution in [3.8, 4) is 0 Å². The molecule has 3 heteroatoms. The fraction of sp³-hybridized carbons (Fsp3) is 0.500. The maximum absolute atomic E-state index is 13.4. The van der Waals surface area contributed by atoms with Crippen molar-refractivity contribution >= 4 is 0 Å². The van der Waals surface area contributed by atoms with Gasteiger partial charge in [-0.1, -0.05) is 18.6 Å². The van der Waals surface area contributed by atoms with Crippen LogP contribution < -0.4 is 0 Å². The lowest BCUT2D eigenvalue weighted by atomic mass is 9.66. The molecular formula is C12H14F2O. The Kier molecular flexibility index (Phi) is 2.74. The fourth-order valence-electron chi connectivity index (χ4n) is 2.16. The molecule has 82 valence electrons. The van der Waals surface area contributed by atoms with E-state index in [1.807, 2.05) is 0 Å². The summed E-state index contributed by atoms with van der Waals surface area (Å²) in [6.45, 7) is 0.0585. The number of halogens is 2. The van der Waals surface area contributed by atoms with Gasteiger partial charge in [0, 0.05) is 6.61 Å². The molecule has 0 radical (unpaired) electrons. The van der Waals surface area contributed by atoms with E-state index in [-0.39, 0.29) is 12.0 Å². The minimum absolute atomic E-state index is 0.0585. The molecule has 0 aliphatic heterocycles. The Labute approximate surface area is 87.7 Å². The summed E-state index contributed by atoms with van der Waals surface area (Å²) < 4.78 is 26.3. The Bertz CT molecular complexity index is 353. The summed E-state index contributed by atoms with van der Waals surface area (Å²) in [6.07, 6.45) is 3.31. The Morgan fingerprint density at radius 3 is 2.53 bits per heavy atom. The summed E-state index contributed by atoms with van der Waals surface area (Å²) in [6, 6.07) is 4.22. The third-order valence-corrected chi connectivity index (χ3v) is 3.35. The molecule has 1 nitrogen and oxygen atoms in total. The molecule has 0 atom stereocenters. The molecule has 1 N–H and O–H groups in total. The molecule has 0 aromatic heterocycles. The molecule has 0 heterocycles. The van der Waals surface area contributed by atoms with Gasteiger partial charge in [-0.25, -0.2) is 8.78 Å². The van der Waals surface area contributed by atoms with Gasteiger partial charge in [0.25, 0.3) is 0 Å². The van der Waals surface area contributed by atoms with Crippen LogP contribution in [0.1, 0.15) is 24.8 Å². The molecule has 1 saturated carbocycles. The number of rotatable bonds is 3. The second kappa shape index (κ2) is 3.89. The predicted octanol–water partition coefficient (Wildman–Crippen LogP) is 2.67. The molecule has 1 aliphatic carbocycles. The second-order valence-corrected chi connectivity index (χ2v) is 4.40. The molecule has 0 spiro atoms. The van der Waals surface area contributed by atoms with E-state index in [2.05, 4.69) is 0 Å². The van der Waals surface area contributed by atoms with Crippen LogP contribution in [-0.2, 0) is 6.42 Å². The Hall–Kier alpha value is -0.960. The Morgan fingerprint density at radius 1 is 1.27 bits per heavy atom. The summed E-state index contributed by atoms with van der Waals surface area (Å²) >= 11 is 0. The van der Waals surface area contributed by atoms with E-state index in [1.165, 1.54) is 6.07 Å². The molecule has 1 aliphatic rings. The Balaban J connectivity index is 2.20. The lowest BCUT2D eigenvalue weighted by Gasteiger charge is -2.40. The molecule has 0 unspecified atom stereocenters. The van der Waals surface area contributed by atoms with Crippen molar-refractivity contribution in [2.24, 2.45) is 5.41 Å². The van der Waals surface area contributed by atoms with Crippen LogP contribution in [0.4, 0.5) is 8.78 Å². The fourth-order valence-corrected chi connectivity index (χ4v) is 2.16. The zero-order valence-corrected chi connectivity index (χ0v) is 8.47. The van der Waals surface area contributed by atoms with Crippen molar-refractivity contribution in [3.05, 3.63) is 35.4 Å². The molecule has 0 saturated heterocycles. The first-order chi connectivity index (χ1) is 7.17. The predicted molar refractivity (Wildman–Crippen MR) is 53.4 cm³/mol. The van der Waals surface area contributed by atoms with E-state index in [0.29, 0.717) is 12.0 Å². The molecule has 1 fully saturated rings. The van der Waals surface area contributed by atoms with Gasteiger partial charge in [0.05, 0.1) is 0 Å². The monoisotopic (exact) mass is 212 g/mol. The summed E-state index contributed by atoms with van der Waals surface area (Å²) in [4.78, 5) is 0. The highest BCUT2D eigenvalue weighted by Gasteiger charge is 2.37. The normalized spacial score (nSPS) is 18.6. The maximum Gasteiger partial charge on any atom is 0.162 e. The van der Waals surface area contributed by atoms with Crippen molar-refractivity contribution in [1.82, 2.24) is 0 Å². The SMILES string of the molecule is OCC1(Cc2cccc(F)c2F)CCC1. The molecule has 1 aromatic carbocycles. The van der Waals surface area contributed by atoms with Crippen molar-refractivity contribution in [2.75, 3.05) is 6.61 Å². The minimum Gasteiger partial charge on any atom is -0.396 e. The third kappa shape index (κ3) is 1.88. The van der Waals surface area contributed by atoms with Gasteiger partial charge < -0.3 is 5.11 Å². The number of hydrogen-bond acceptors (Lipinski definition) is 1. The van der Waals surface area contributed by atoms with E-state index in [0.717, 1.165) is 25.3 Å². The highest BCUT2D eigenvalue weighted by atomic mass is 19.2. The summed E-state index contributed by atoms with van der Waals surface area (Å²) in [7, 11) is 0. The van der Waals surface area contributed by atoms with Crippen LogP contribution in [0.2, 0.25) is 0 Å². The minimum atomic E-state index is -0.806. The number of aliphatic hydroxyl groups excluding tert-OH is 1. The summed E-state index contributed by atoms with van der Waals surface area (Å²) in [5, 5.41) is 9.24. The van der Waals surface area contributed by atoms with E-state index in [4.69, 9.17) is 0 Å². The average molecular weight is 212 g/mol. The summed E-state index contributed by atoms with van der Waals surface area (Å²) in [5.41, 5.74) is 0.179. The van der Waals surface area contributed by atoms with Crippen molar-refractivity contribution in [3.63, 3.8) is 0 Å². The van der Waals surface area contributed by atoms with Gasteiger partial charge in [-0.3, -0.25) is 0 Å². The quantitative estimate of drug-likeness (QED) is 0.816. The molecule has 15 heavy (non-hydrogen) atoms. The van der Waals surface area contributed by atoms with Crippen LogP contribution in [0.25, 0.3) is 0 Å². The van der Waals surface area contributed by atoms with Gasteiger partial charge in [-0.2, -0.15) is 0 Å². The van der Waals surface area contributed by atoms with E-state index < -0.39 is 11.6 Å². The molecule has 1 aromatic rings. The first-order valence-electron chi connectivity index (χ1n) is 5.21. The highest BCUT2D eigenvalue weighted by Crippen LogP contribution is 2.43. The van der Waals surface area contributed by atoms with Crippen molar-refractivity contribution < 1.29 is 13.9 Å². The highest BCUT2D eigenvalue weighted by molar-refractivity contribution is 5.21. The van der Waals surface area contributed by atoms with Gasteiger partial charge in [0.15, 0.2) is 11.6 Å².